The molecular weight excluding hydrogens is 324 g/mol. The lowest BCUT2D eigenvalue weighted by molar-refractivity contribution is 0.0620. The van der Waals surface area contributed by atoms with Gasteiger partial charge in [-0.3, -0.25) is 4.98 Å². The lowest BCUT2D eigenvalue weighted by atomic mass is 9.82. The van der Waals surface area contributed by atoms with E-state index < -0.39 is 0 Å². The lowest BCUT2D eigenvalue weighted by Crippen LogP contribution is -2.38. The molecule has 2 aliphatic rings. The van der Waals surface area contributed by atoms with Gasteiger partial charge in [0.15, 0.2) is 5.82 Å². The molecule has 3 heterocycles. The van der Waals surface area contributed by atoms with E-state index in [1.54, 1.807) is 6.20 Å². The number of hydrogen-bond acceptors (Lipinski definition) is 5. The third-order valence-electron chi connectivity index (χ3n) is 5.63. The van der Waals surface area contributed by atoms with E-state index in [-0.39, 0.29) is 0 Å². The van der Waals surface area contributed by atoms with Crippen LogP contribution in [0.3, 0.4) is 0 Å². The summed E-state index contributed by atoms with van der Waals surface area (Å²) in [6.45, 7) is 0.888. The molecule has 0 radical (unpaired) electrons. The van der Waals surface area contributed by atoms with Crippen LogP contribution in [0, 0.1) is 5.92 Å². The summed E-state index contributed by atoms with van der Waals surface area (Å²) in [6.07, 6.45) is 8.70. The van der Waals surface area contributed by atoms with Gasteiger partial charge in [-0.15, -0.1) is 0 Å². The molecule has 2 fully saturated rings. The first kappa shape index (κ1) is 15.7. The third-order valence-corrected chi connectivity index (χ3v) is 5.63. The first-order valence-electron chi connectivity index (χ1n) is 9.44. The van der Waals surface area contributed by atoms with E-state index in [2.05, 4.69) is 16.4 Å². The molecule has 1 saturated heterocycles. The number of aromatic nitrogens is 3. The van der Waals surface area contributed by atoms with Gasteiger partial charge >= 0.3 is 0 Å². The van der Waals surface area contributed by atoms with Crippen LogP contribution in [0.5, 0.6) is 0 Å². The monoisotopic (exact) mass is 346 g/mol. The van der Waals surface area contributed by atoms with Gasteiger partial charge in [0.25, 0.3) is 0 Å². The number of benzene rings is 1. The van der Waals surface area contributed by atoms with E-state index in [0.29, 0.717) is 23.9 Å². The Labute approximate surface area is 152 Å². The summed E-state index contributed by atoms with van der Waals surface area (Å²) in [5.41, 5.74) is 1.89. The summed E-state index contributed by atoms with van der Waals surface area (Å²) < 4.78 is 5.92. The van der Waals surface area contributed by atoms with Crippen molar-refractivity contribution in [2.75, 3.05) is 11.9 Å². The Kier molecular flexibility index (Phi) is 4.02. The molecule has 3 aromatic rings. The minimum Gasteiger partial charge on any atom is -0.378 e. The maximum Gasteiger partial charge on any atom is 0.163 e. The second-order valence-electron chi connectivity index (χ2n) is 7.20. The number of pyridine rings is 1. The Balaban J connectivity index is 1.55. The fourth-order valence-electron chi connectivity index (χ4n) is 4.34. The third kappa shape index (κ3) is 2.82. The van der Waals surface area contributed by atoms with Crippen LogP contribution >= 0.6 is 0 Å². The Morgan fingerprint density at radius 1 is 1.00 bits per heavy atom. The SMILES string of the molecule is c1cncc(-c2nc(NC3CCCC4OCCC34)c3ccccc3n2)c1. The molecule has 132 valence electrons. The van der Waals surface area contributed by atoms with Crippen molar-refractivity contribution in [1.29, 1.82) is 0 Å². The van der Waals surface area contributed by atoms with E-state index >= 15 is 0 Å². The van der Waals surface area contributed by atoms with Crippen molar-refractivity contribution in [3.05, 3.63) is 48.8 Å². The van der Waals surface area contributed by atoms with E-state index in [1.807, 2.05) is 36.5 Å². The van der Waals surface area contributed by atoms with Crippen molar-refractivity contribution in [2.45, 2.75) is 37.8 Å². The maximum atomic E-state index is 5.92. The predicted molar refractivity (Wildman–Crippen MR) is 102 cm³/mol. The predicted octanol–water partition coefficient (Wildman–Crippen LogP) is 4.06. The summed E-state index contributed by atoms with van der Waals surface area (Å²) in [4.78, 5) is 13.8. The summed E-state index contributed by atoms with van der Waals surface area (Å²) in [5.74, 6) is 2.22. The minimum absolute atomic E-state index is 0.409. The van der Waals surface area contributed by atoms with Crippen LogP contribution in [-0.4, -0.2) is 33.7 Å². The molecule has 5 nitrogen and oxygen atoms in total. The van der Waals surface area contributed by atoms with Gasteiger partial charge in [-0.1, -0.05) is 12.1 Å². The molecule has 1 saturated carbocycles. The first-order valence-corrected chi connectivity index (χ1v) is 9.44. The minimum atomic E-state index is 0.409. The molecule has 2 aromatic heterocycles. The Morgan fingerprint density at radius 2 is 1.96 bits per heavy atom. The highest BCUT2D eigenvalue weighted by Gasteiger charge is 2.37. The topological polar surface area (TPSA) is 59.9 Å². The summed E-state index contributed by atoms with van der Waals surface area (Å²) >= 11 is 0. The number of fused-ring (bicyclic) bond motifs is 2. The largest absolute Gasteiger partial charge is 0.378 e. The van der Waals surface area contributed by atoms with Gasteiger partial charge in [0, 0.05) is 41.9 Å². The van der Waals surface area contributed by atoms with Gasteiger partial charge in [-0.05, 0) is 49.9 Å². The van der Waals surface area contributed by atoms with Crippen molar-refractivity contribution >= 4 is 16.7 Å². The maximum absolute atomic E-state index is 5.92. The number of para-hydroxylation sites is 1. The number of rotatable bonds is 3. The molecule has 0 bridgehead atoms. The summed E-state index contributed by atoms with van der Waals surface area (Å²) in [7, 11) is 0. The van der Waals surface area contributed by atoms with Crippen LogP contribution in [0.15, 0.2) is 48.8 Å². The van der Waals surface area contributed by atoms with Gasteiger partial charge in [-0.25, -0.2) is 9.97 Å². The molecule has 3 atom stereocenters. The van der Waals surface area contributed by atoms with Crippen LogP contribution in [0.1, 0.15) is 25.7 Å². The standard InChI is InChI=1S/C21H22N4O/c1-2-7-18-16(6-1)21(25-20(23-18)14-5-4-11-22-13-14)24-17-8-3-9-19-15(17)10-12-26-19/h1-2,4-7,11,13,15,17,19H,3,8-10,12H2,(H,23,24,25). The normalized spacial score (nSPS) is 25.2. The smallest absolute Gasteiger partial charge is 0.163 e. The molecule has 5 rings (SSSR count). The zero-order valence-electron chi connectivity index (χ0n) is 14.6. The van der Waals surface area contributed by atoms with Crippen LogP contribution in [-0.2, 0) is 4.74 Å². The number of ether oxygens (including phenoxy) is 1. The summed E-state index contributed by atoms with van der Waals surface area (Å²) in [5, 5.41) is 4.82. The molecule has 1 aromatic carbocycles. The molecule has 1 N–H and O–H groups in total. The van der Waals surface area contributed by atoms with Gasteiger partial charge < -0.3 is 10.1 Å². The van der Waals surface area contributed by atoms with E-state index in [0.717, 1.165) is 35.3 Å². The lowest BCUT2D eigenvalue weighted by Gasteiger charge is -2.33. The highest BCUT2D eigenvalue weighted by Crippen LogP contribution is 2.37. The summed E-state index contributed by atoms with van der Waals surface area (Å²) in [6, 6.07) is 12.5. The number of nitrogens with one attached hydrogen (secondary N) is 1. The molecule has 5 heteroatoms. The van der Waals surface area contributed by atoms with Crippen LogP contribution in [0.2, 0.25) is 0 Å². The quantitative estimate of drug-likeness (QED) is 0.775. The number of nitrogens with zero attached hydrogens (tertiary/aromatic N) is 3. The Hall–Kier alpha value is -2.53. The van der Waals surface area contributed by atoms with Crippen molar-refractivity contribution in [2.24, 2.45) is 5.92 Å². The molecule has 0 amide bonds. The first-order chi connectivity index (χ1) is 12.9. The second-order valence-corrected chi connectivity index (χ2v) is 7.20. The van der Waals surface area contributed by atoms with E-state index in [1.165, 1.54) is 19.3 Å². The van der Waals surface area contributed by atoms with Crippen molar-refractivity contribution < 1.29 is 4.74 Å². The van der Waals surface area contributed by atoms with Gasteiger partial charge in [0.2, 0.25) is 0 Å². The Bertz CT molecular complexity index is 914. The molecular formula is C21H22N4O. The van der Waals surface area contributed by atoms with E-state index in [4.69, 9.17) is 14.7 Å². The van der Waals surface area contributed by atoms with Gasteiger partial charge in [-0.2, -0.15) is 0 Å². The van der Waals surface area contributed by atoms with Crippen molar-refractivity contribution in [3.8, 4) is 11.4 Å². The highest BCUT2D eigenvalue weighted by atomic mass is 16.5. The highest BCUT2D eigenvalue weighted by molar-refractivity contribution is 5.90. The zero-order valence-corrected chi connectivity index (χ0v) is 14.6. The van der Waals surface area contributed by atoms with Gasteiger partial charge in [0.05, 0.1) is 11.6 Å². The molecule has 3 unspecified atom stereocenters. The van der Waals surface area contributed by atoms with E-state index in [9.17, 15) is 0 Å². The van der Waals surface area contributed by atoms with Crippen molar-refractivity contribution in [1.82, 2.24) is 15.0 Å². The van der Waals surface area contributed by atoms with Crippen molar-refractivity contribution in [3.63, 3.8) is 0 Å². The van der Waals surface area contributed by atoms with Crippen LogP contribution < -0.4 is 5.32 Å². The molecule has 1 aliphatic heterocycles. The Morgan fingerprint density at radius 3 is 2.88 bits per heavy atom. The molecule has 1 aliphatic carbocycles. The molecule has 26 heavy (non-hydrogen) atoms. The molecule has 0 spiro atoms. The fraction of sp³-hybridized carbons (Fsp3) is 0.381. The average Bonchev–Trinajstić information content (AvgIpc) is 3.18. The van der Waals surface area contributed by atoms with Crippen LogP contribution in [0.25, 0.3) is 22.3 Å². The number of hydrogen-bond donors (Lipinski definition) is 1. The number of anilines is 1. The average molecular weight is 346 g/mol. The fourth-order valence-corrected chi connectivity index (χ4v) is 4.34. The van der Waals surface area contributed by atoms with Crippen LogP contribution in [0.4, 0.5) is 5.82 Å². The second kappa shape index (κ2) is 6.65. The van der Waals surface area contributed by atoms with Gasteiger partial charge in [0.1, 0.15) is 5.82 Å². The zero-order chi connectivity index (χ0) is 17.3.